The second-order valence-electron chi connectivity index (χ2n) is 13.3. The van der Waals surface area contributed by atoms with Gasteiger partial charge in [-0.25, -0.2) is 0 Å². The molecule has 0 heterocycles. The zero-order chi connectivity index (χ0) is 37.0. The molecule has 7 aromatic rings. The van der Waals surface area contributed by atoms with Crippen molar-refractivity contribution in [3.05, 3.63) is 240 Å². The van der Waals surface area contributed by atoms with E-state index < -0.39 is 0 Å². The van der Waals surface area contributed by atoms with Crippen LogP contribution in [0.5, 0.6) is 0 Å². The summed E-state index contributed by atoms with van der Waals surface area (Å²) >= 11 is 0. The van der Waals surface area contributed by atoms with Crippen LogP contribution in [0.15, 0.2) is 206 Å². The first-order valence-corrected chi connectivity index (χ1v) is 18.4. The minimum atomic E-state index is 1.07. The maximum atomic E-state index is 2.31. The average molecular weight is 697 g/mol. The molecule has 262 valence electrons. The molecule has 0 aliphatic rings. The summed E-state index contributed by atoms with van der Waals surface area (Å²) in [5, 5.41) is 0. The highest BCUT2D eigenvalue weighted by Gasteiger charge is 2.17. The molecule has 0 saturated carbocycles. The SMILES string of the molecule is Cc1ccc(/C=C/C=C/c2ccc(N(c3ccccc3)c3cccc(N(c4ccccc4)c4ccc(/C=C/C=C/c5ccc(C)cc5)cc4)c3)cc2)cc1. The fourth-order valence-corrected chi connectivity index (χ4v) is 6.31. The molecule has 54 heavy (non-hydrogen) atoms. The summed E-state index contributed by atoms with van der Waals surface area (Å²) in [7, 11) is 0. The molecule has 0 aliphatic carbocycles. The molecule has 0 amide bonds. The van der Waals surface area contributed by atoms with Gasteiger partial charge < -0.3 is 9.80 Å². The van der Waals surface area contributed by atoms with Crippen molar-refractivity contribution in [2.45, 2.75) is 13.8 Å². The van der Waals surface area contributed by atoms with E-state index in [1.54, 1.807) is 0 Å². The van der Waals surface area contributed by atoms with Crippen LogP contribution in [-0.4, -0.2) is 0 Å². The third-order valence-electron chi connectivity index (χ3n) is 9.21. The highest BCUT2D eigenvalue weighted by atomic mass is 15.2. The van der Waals surface area contributed by atoms with E-state index in [2.05, 4.69) is 254 Å². The summed E-state index contributed by atoms with van der Waals surface area (Å²) in [6.07, 6.45) is 16.9. The predicted molar refractivity (Wildman–Crippen MR) is 234 cm³/mol. The van der Waals surface area contributed by atoms with Crippen LogP contribution in [0.25, 0.3) is 24.3 Å². The van der Waals surface area contributed by atoms with Gasteiger partial charge in [0.05, 0.1) is 0 Å². The second kappa shape index (κ2) is 17.5. The first-order valence-electron chi connectivity index (χ1n) is 18.4. The Morgan fingerprint density at radius 2 is 0.556 bits per heavy atom. The summed E-state index contributed by atoms with van der Waals surface area (Å²) < 4.78 is 0. The highest BCUT2D eigenvalue weighted by molar-refractivity contribution is 5.83. The van der Waals surface area contributed by atoms with E-state index in [1.165, 1.54) is 22.3 Å². The molecule has 7 rings (SSSR count). The van der Waals surface area contributed by atoms with E-state index in [1.807, 2.05) is 0 Å². The molecule has 7 aromatic carbocycles. The largest absolute Gasteiger partial charge is 0.310 e. The number of para-hydroxylation sites is 2. The lowest BCUT2D eigenvalue weighted by Gasteiger charge is -2.29. The number of aryl methyl sites for hydroxylation is 2. The third kappa shape index (κ3) is 9.30. The van der Waals surface area contributed by atoms with E-state index >= 15 is 0 Å². The normalized spacial score (nSPS) is 11.6. The predicted octanol–water partition coefficient (Wildman–Crippen LogP) is 14.7. The summed E-state index contributed by atoms with van der Waals surface area (Å²) in [5.74, 6) is 0. The molecular weight excluding hydrogens is 653 g/mol. The van der Waals surface area contributed by atoms with Crippen LogP contribution < -0.4 is 9.80 Å². The van der Waals surface area contributed by atoms with Crippen LogP contribution in [0.3, 0.4) is 0 Å². The molecule has 0 atom stereocenters. The van der Waals surface area contributed by atoms with Gasteiger partial charge in [0.1, 0.15) is 0 Å². The molecule has 0 radical (unpaired) electrons. The van der Waals surface area contributed by atoms with Gasteiger partial charge in [-0.05, 0) is 103 Å². The molecular formula is C52H44N2. The number of benzene rings is 7. The quantitative estimate of drug-likeness (QED) is 0.117. The Kier molecular flexibility index (Phi) is 11.5. The van der Waals surface area contributed by atoms with Crippen molar-refractivity contribution in [2.75, 3.05) is 9.80 Å². The Hall–Kier alpha value is -6.90. The number of allylic oxidation sites excluding steroid dienone is 4. The van der Waals surface area contributed by atoms with E-state index in [0.717, 1.165) is 45.3 Å². The zero-order valence-corrected chi connectivity index (χ0v) is 30.8. The van der Waals surface area contributed by atoms with E-state index in [0.29, 0.717) is 0 Å². The van der Waals surface area contributed by atoms with Gasteiger partial charge in [-0.1, -0.05) is 175 Å². The van der Waals surface area contributed by atoms with Gasteiger partial charge in [0, 0.05) is 34.1 Å². The summed E-state index contributed by atoms with van der Waals surface area (Å²) in [5.41, 5.74) is 13.7. The van der Waals surface area contributed by atoms with Crippen LogP contribution >= 0.6 is 0 Å². The van der Waals surface area contributed by atoms with Crippen LogP contribution in [-0.2, 0) is 0 Å². The Balaban J connectivity index is 1.15. The standard InChI is InChI=1S/C52H44N2/c1-41-24-28-43(29-25-41)14-9-11-16-45-32-36-49(37-33-45)53(47-18-5-3-6-19-47)51-22-13-23-52(40-51)54(48-20-7-4-8-21-48)50-38-34-46(35-39-50)17-12-10-15-44-30-26-42(2)27-31-44/h3-40H,1-2H3/b14-9+,15-10+,16-11+,17-12+. The number of nitrogens with zero attached hydrogens (tertiary/aromatic N) is 2. The molecule has 0 aliphatic heterocycles. The maximum absolute atomic E-state index is 2.31. The minimum absolute atomic E-state index is 1.07. The van der Waals surface area contributed by atoms with Crippen molar-refractivity contribution in [3.8, 4) is 0 Å². The van der Waals surface area contributed by atoms with E-state index in [4.69, 9.17) is 0 Å². The van der Waals surface area contributed by atoms with Gasteiger partial charge in [0.25, 0.3) is 0 Å². The third-order valence-corrected chi connectivity index (χ3v) is 9.21. The minimum Gasteiger partial charge on any atom is -0.310 e. The molecule has 2 nitrogen and oxygen atoms in total. The number of anilines is 6. The lowest BCUT2D eigenvalue weighted by molar-refractivity contribution is 1.25. The highest BCUT2D eigenvalue weighted by Crippen LogP contribution is 2.40. The van der Waals surface area contributed by atoms with Crippen molar-refractivity contribution >= 4 is 58.4 Å². The van der Waals surface area contributed by atoms with Crippen LogP contribution in [0.2, 0.25) is 0 Å². The number of rotatable bonds is 12. The Morgan fingerprint density at radius 3 is 0.889 bits per heavy atom. The molecule has 0 unspecified atom stereocenters. The van der Waals surface area contributed by atoms with Crippen molar-refractivity contribution < 1.29 is 0 Å². The number of hydrogen-bond acceptors (Lipinski definition) is 2. The fourth-order valence-electron chi connectivity index (χ4n) is 6.31. The molecule has 0 N–H and O–H groups in total. The summed E-state index contributed by atoms with van der Waals surface area (Å²) in [4.78, 5) is 4.63. The molecule has 0 bridgehead atoms. The Bertz CT molecular complexity index is 2180. The molecule has 0 fully saturated rings. The first-order chi connectivity index (χ1) is 26.6. The fraction of sp³-hybridized carbons (Fsp3) is 0.0385. The van der Waals surface area contributed by atoms with Crippen LogP contribution in [0.4, 0.5) is 34.1 Å². The topological polar surface area (TPSA) is 6.48 Å². The Morgan fingerprint density at radius 1 is 0.278 bits per heavy atom. The second-order valence-corrected chi connectivity index (χ2v) is 13.3. The van der Waals surface area contributed by atoms with Crippen LogP contribution in [0, 0.1) is 13.8 Å². The lowest BCUT2D eigenvalue weighted by atomic mass is 10.1. The summed E-state index contributed by atoms with van der Waals surface area (Å²) in [6, 6.07) is 64.5. The zero-order valence-electron chi connectivity index (χ0n) is 30.8. The van der Waals surface area contributed by atoms with Gasteiger partial charge in [-0.2, -0.15) is 0 Å². The first kappa shape index (κ1) is 35.5. The maximum Gasteiger partial charge on any atom is 0.0482 e. The number of hydrogen-bond donors (Lipinski definition) is 0. The molecule has 0 aromatic heterocycles. The average Bonchev–Trinajstić information content (AvgIpc) is 3.22. The molecule has 2 heteroatoms. The van der Waals surface area contributed by atoms with Gasteiger partial charge in [0.15, 0.2) is 0 Å². The van der Waals surface area contributed by atoms with E-state index in [9.17, 15) is 0 Å². The smallest absolute Gasteiger partial charge is 0.0482 e. The van der Waals surface area contributed by atoms with Gasteiger partial charge >= 0.3 is 0 Å². The molecule has 0 spiro atoms. The van der Waals surface area contributed by atoms with Crippen molar-refractivity contribution in [1.29, 1.82) is 0 Å². The molecule has 0 saturated heterocycles. The van der Waals surface area contributed by atoms with Crippen molar-refractivity contribution in [2.24, 2.45) is 0 Å². The van der Waals surface area contributed by atoms with Crippen molar-refractivity contribution in [1.82, 2.24) is 0 Å². The van der Waals surface area contributed by atoms with Gasteiger partial charge in [-0.3, -0.25) is 0 Å². The monoisotopic (exact) mass is 696 g/mol. The van der Waals surface area contributed by atoms with E-state index in [-0.39, 0.29) is 0 Å². The van der Waals surface area contributed by atoms with Crippen LogP contribution in [0.1, 0.15) is 33.4 Å². The van der Waals surface area contributed by atoms with Gasteiger partial charge in [-0.15, -0.1) is 0 Å². The lowest BCUT2D eigenvalue weighted by Crippen LogP contribution is -2.13. The van der Waals surface area contributed by atoms with Crippen molar-refractivity contribution in [3.63, 3.8) is 0 Å². The summed E-state index contributed by atoms with van der Waals surface area (Å²) in [6.45, 7) is 4.22. The van der Waals surface area contributed by atoms with Gasteiger partial charge in [0.2, 0.25) is 0 Å². The Labute approximate surface area is 320 Å².